The Hall–Kier alpha value is -1.99. The summed E-state index contributed by atoms with van der Waals surface area (Å²) < 4.78 is 0.895. The maximum Gasteiger partial charge on any atom is 0.270 e. The lowest BCUT2D eigenvalue weighted by Gasteiger charge is -2.33. The number of rotatable bonds is 2. The predicted octanol–water partition coefficient (Wildman–Crippen LogP) is 2.24. The molecule has 1 aliphatic rings. The maximum atomic E-state index is 12.6. The van der Waals surface area contributed by atoms with Gasteiger partial charge in [0.15, 0.2) is 0 Å². The lowest BCUT2D eigenvalue weighted by molar-refractivity contribution is -0.384. The Morgan fingerprint density at radius 2 is 2.29 bits per heavy atom. The summed E-state index contributed by atoms with van der Waals surface area (Å²) in [6.07, 6.45) is 0. The number of nitro benzene ring substituents is 1. The molecule has 1 aliphatic heterocycles. The van der Waals surface area contributed by atoms with E-state index in [9.17, 15) is 14.9 Å². The summed E-state index contributed by atoms with van der Waals surface area (Å²) in [6.45, 7) is 4.30. The third-order valence-corrected chi connectivity index (χ3v) is 4.79. The highest BCUT2D eigenvalue weighted by atomic mass is 32.1. The molecule has 6 nitrogen and oxygen atoms in total. The van der Waals surface area contributed by atoms with E-state index in [-0.39, 0.29) is 17.6 Å². The quantitative estimate of drug-likeness (QED) is 0.682. The average molecular weight is 305 g/mol. The van der Waals surface area contributed by atoms with Gasteiger partial charge in [-0.05, 0) is 19.1 Å². The minimum Gasteiger partial charge on any atom is -0.333 e. The van der Waals surface area contributed by atoms with E-state index in [2.05, 4.69) is 5.32 Å². The molecule has 0 unspecified atom stereocenters. The summed E-state index contributed by atoms with van der Waals surface area (Å²) in [5.41, 5.74) is 0.0508. The van der Waals surface area contributed by atoms with Gasteiger partial charge in [-0.25, -0.2) is 0 Å². The second-order valence-corrected chi connectivity index (χ2v) is 6.23. The molecule has 1 amide bonds. The van der Waals surface area contributed by atoms with Crippen LogP contribution in [0.1, 0.15) is 16.6 Å². The zero-order valence-corrected chi connectivity index (χ0v) is 12.4. The highest BCUT2D eigenvalue weighted by Gasteiger charge is 2.25. The van der Waals surface area contributed by atoms with E-state index in [0.717, 1.165) is 23.2 Å². The van der Waals surface area contributed by atoms with Crippen LogP contribution in [0, 0.1) is 10.1 Å². The van der Waals surface area contributed by atoms with Gasteiger partial charge in [0.1, 0.15) is 0 Å². The summed E-state index contributed by atoms with van der Waals surface area (Å²) in [5.74, 6) is 0.00727. The largest absolute Gasteiger partial charge is 0.333 e. The first-order valence-electron chi connectivity index (χ1n) is 6.76. The van der Waals surface area contributed by atoms with Crippen LogP contribution in [0.3, 0.4) is 0 Å². The number of hydrogen-bond acceptors (Lipinski definition) is 5. The molecular formula is C14H15N3O3S. The lowest BCUT2D eigenvalue weighted by Crippen LogP contribution is -2.52. The van der Waals surface area contributed by atoms with Crippen LogP contribution in [-0.2, 0) is 0 Å². The van der Waals surface area contributed by atoms with Crippen LogP contribution in [0.15, 0.2) is 24.3 Å². The first kappa shape index (κ1) is 14.0. The summed E-state index contributed by atoms with van der Waals surface area (Å²) in [5, 5.41) is 14.8. The van der Waals surface area contributed by atoms with Crippen LogP contribution in [0.4, 0.5) is 5.69 Å². The molecule has 7 heteroatoms. The molecule has 1 atom stereocenters. The Labute approximate surface area is 125 Å². The molecule has 1 saturated heterocycles. The van der Waals surface area contributed by atoms with Gasteiger partial charge in [-0.1, -0.05) is 0 Å². The number of nitrogens with one attached hydrogen (secondary N) is 1. The SMILES string of the molecule is C[C@@H]1CNCCN1C(=O)c1cc2cc([N+](=O)[O-])ccc2s1. The third-order valence-electron chi connectivity index (χ3n) is 3.68. The maximum absolute atomic E-state index is 12.6. The second-order valence-electron chi connectivity index (χ2n) is 5.14. The summed E-state index contributed by atoms with van der Waals surface area (Å²) in [6, 6.07) is 6.61. The summed E-state index contributed by atoms with van der Waals surface area (Å²) in [4.78, 5) is 25.5. The Balaban J connectivity index is 1.93. The molecule has 0 bridgehead atoms. The van der Waals surface area contributed by atoms with Crippen molar-refractivity contribution >= 4 is 33.0 Å². The van der Waals surface area contributed by atoms with Gasteiger partial charge in [0.25, 0.3) is 11.6 Å². The molecule has 0 aliphatic carbocycles. The molecule has 2 heterocycles. The summed E-state index contributed by atoms with van der Waals surface area (Å²) >= 11 is 1.39. The van der Waals surface area contributed by atoms with Crippen LogP contribution in [0.5, 0.6) is 0 Å². The van der Waals surface area contributed by atoms with Gasteiger partial charge in [-0.15, -0.1) is 11.3 Å². The number of fused-ring (bicyclic) bond motifs is 1. The van der Waals surface area contributed by atoms with Crippen molar-refractivity contribution in [2.45, 2.75) is 13.0 Å². The van der Waals surface area contributed by atoms with Crippen LogP contribution < -0.4 is 5.32 Å². The molecule has 1 aromatic carbocycles. The van der Waals surface area contributed by atoms with E-state index in [1.165, 1.54) is 23.5 Å². The zero-order chi connectivity index (χ0) is 15.0. The van der Waals surface area contributed by atoms with Crippen LogP contribution in [-0.4, -0.2) is 41.4 Å². The molecule has 0 spiro atoms. The number of thiophene rings is 1. The third kappa shape index (κ3) is 2.62. The minimum absolute atomic E-state index is 0.00727. The van der Waals surface area contributed by atoms with Crippen LogP contribution >= 0.6 is 11.3 Å². The van der Waals surface area contributed by atoms with Gasteiger partial charge in [-0.2, -0.15) is 0 Å². The Morgan fingerprint density at radius 1 is 1.48 bits per heavy atom. The fraction of sp³-hybridized carbons (Fsp3) is 0.357. The molecule has 0 saturated carbocycles. The van der Waals surface area contributed by atoms with Crippen molar-refractivity contribution in [3.8, 4) is 0 Å². The predicted molar refractivity (Wildman–Crippen MR) is 81.8 cm³/mol. The fourth-order valence-corrected chi connectivity index (χ4v) is 3.53. The minimum atomic E-state index is -0.420. The van der Waals surface area contributed by atoms with Gasteiger partial charge < -0.3 is 10.2 Å². The van der Waals surface area contributed by atoms with E-state index in [0.29, 0.717) is 11.4 Å². The number of carbonyl (C=O) groups is 1. The second kappa shape index (κ2) is 5.42. The highest BCUT2D eigenvalue weighted by Crippen LogP contribution is 2.30. The first-order valence-corrected chi connectivity index (χ1v) is 7.57. The average Bonchev–Trinajstić information content (AvgIpc) is 2.89. The normalized spacial score (nSPS) is 18.9. The molecule has 1 fully saturated rings. The fourth-order valence-electron chi connectivity index (χ4n) is 2.53. The highest BCUT2D eigenvalue weighted by molar-refractivity contribution is 7.20. The van der Waals surface area contributed by atoms with E-state index >= 15 is 0 Å². The van der Waals surface area contributed by atoms with Crippen molar-refractivity contribution in [3.05, 3.63) is 39.3 Å². The number of carbonyl (C=O) groups excluding carboxylic acids is 1. The molecule has 3 rings (SSSR count). The lowest BCUT2D eigenvalue weighted by atomic mass is 10.2. The van der Waals surface area contributed by atoms with Crippen molar-refractivity contribution in [2.24, 2.45) is 0 Å². The van der Waals surface area contributed by atoms with E-state index in [1.54, 1.807) is 12.1 Å². The van der Waals surface area contributed by atoms with Gasteiger partial charge in [-0.3, -0.25) is 14.9 Å². The number of amides is 1. The van der Waals surface area contributed by atoms with Crippen molar-refractivity contribution in [3.63, 3.8) is 0 Å². The standard InChI is InChI=1S/C14H15N3O3S/c1-9-8-15-4-5-16(9)14(18)13-7-10-6-11(17(19)20)2-3-12(10)21-13/h2-3,6-7,9,15H,4-5,8H2,1H3/t9-/m1/s1. The van der Waals surface area contributed by atoms with Crippen molar-refractivity contribution in [1.29, 1.82) is 0 Å². The number of nitro groups is 1. The molecular weight excluding hydrogens is 290 g/mol. The van der Waals surface area contributed by atoms with Crippen molar-refractivity contribution in [1.82, 2.24) is 10.2 Å². The Morgan fingerprint density at radius 3 is 3.00 bits per heavy atom. The number of piperazine rings is 1. The first-order chi connectivity index (χ1) is 10.1. The number of nitrogens with zero attached hydrogens (tertiary/aromatic N) is 2. The number of benzene rings is 1. The molecule has 0 radical (unpaired) electrons. The Bertz CT molecular complexity index is 713. The molecule has 2 aromatic rings. The smallest absolute Gasteiger partial charge is 0.270 e. The topological polar surface area (TPSA) is 75.5 Å². The van der Waals surface area contributed by atoms with Crippen LogP contribution in [0.25, 0.3) is 10.1 Å². The van der Waals surface area contributed by atoms with Crippen LogP contribution in [0.2, 0.25) is 0 Å². The van der Waals surface area contributed by atoms with E-state index < -0.39 is 4.92 Å². The monoisotopic (exact) mass is 305 g/mol. The Kier molecular flexibility index (Phi) is 3.60. The van der Waals surface area contributed by atoms with E-state index in [1.807, 2.05) is 11.8 Å². The molecule has 1 N–H and O–H groups in total. The molecule has 110 valence electrons. The van der Waals surface area contributed by atoms with E-state index in [4.69, 9.17) is 0 Å². The van der Waals surface area contributed by atoms with Gasteiger partial charge in [0.05, 0.1) is 9.80 Å². The number of non-ortho nitro benzene ring substituents is 1. The number of hydrogen-bond donors (Lipinski definition) is 1. The molecule has 1 aromatic heterocycles. The van der Waals surface area contributed by atoms with Gasteiger partial charge in [0.2, 0.25) is 0 Å². The van der Waals surface area contributed by atoms with Crippen molar-refractivity contribution < 1.29 is 9.72 Å². The summed E-state index contributed by atoms with van der Waals surface area (Å²) in [7, 11) is 0. The van der Waals surface area contributed by atoms with Gasteiger partial charge in [0, 0.05) is 47.9 Å². The zero-order valence-electron chi connectivity index (χ0n) is 11.5. The van der Waals surface area contributed by atoms with Crippen molar-refractivity contribution in [2.75, 3.05) is 19.6 Å². The van der Waals surface area contributed by atoms with Gasteiger partial charge >= 0.3 is 0 Å². The molecule has 21 heavy (non-hydrogen) atoms.